The molecule has 0 spiro atoms. The van der Waals surface area contributed by atoms with Gasteiger partial charge in [-0.15, -0.1) is 24.8 Å². The molecule has 2 heterocycles. The van der Waals surface area contributed by atoms with Crippen LogP contribution >= 0.6 is 24.8 Å². The number of hydrogen-bond acceptors (Lipinski definition) is 4. The summed E-state index contributed by atoms with van der Waals surface area (Å²) in [5.74, 6) is 1.33. The number of nitrogens with one attached hydrogen (secondary N) is 1. The van der Waals surface area contributed by atoms with Gasteiger partial charge in [0, 0.05) is 6.07 Å². The minimum atomic E-state index is 0. The van der Waals surface area contributed by atoms with Crippen LogP contribution in [0.25, 0.3) is 11.0 Å². The Morgan fingerprint density at radius 1 is 1.13 bits per heavy atom. The van der Waals surface area contributed by atoms with Crippen LogP contribution in [0, 0.1) is 0 Å². The summed E-state index contributed by atoms with van der Waals surface area (Å²) in [6, 6.07) is 5.85. The maximum absolute atomic E-state index is 5.81. The Labute approximate surface area is 149 Å². The maximum atomic E-state index is 5.81. The summed E-state index contributed by atoms with van der Waals surface area (Å²) in [6.07, 6.45) is 6.44. The van der Waals surface area contributed by atoms with E-state index >= 15 is 0 Å². The highest BCUT2D eigenvalue weighted by molar-refractivity contribution is 5.85. The standard InChI is InChI=1S/C16H24N4O.2ClH/c17-16-18-14-7-6-13(12-15(14)19-16)21-11-5-4-10-20-8-2-1-3-9-20;;/h6-7,12H,1-5,8-11H2,(H3,17,18,19);2*1H. The van der Waals surface area contributed by atoms with Crippen LogP contribution in [-0.4, -0.2) is 41.1 Å². The van der Waals surface area contributed by atoms with E-state index in [0.717, 1.165) is 29.8 Å². The molecule has 1 aromatic heterocycles. The zero-order valence-corrected chi connectivity index (χ0v) is 14.9. The van der Waals surface area contributed by atoms with Gasteiger partial charge in [-0.2, -0.15) is 0 Å². The topological polar surface area (TPSA) is 67.2 Å². The van der Waals surface area contributed by atoms with E-state index in [-0.39, 0.29) is 24.8 Å². The van der Waals surface area contributed by atoms with E-state index in [4.69, 9.17) is 10.5 Å². The summed E-state index contributed by atoms with van der Waals surface area (Å²) in [5, 5.41) is 0. The van der Waals surface area contributed by atoms with Gasteiger partial charge in [-0.05, 0) is 57.5 Å². The lowest BCUT2D eigenvalue weighted by Crippen LogP contribution is -2.30. The van der Waals surface area contributed by atoms with Gasteiger partial charge < -0.3 is 20.4 Å². The molecule has 1 aromatic carbocycles. The molecule has 0 radical (unpaired) electrons. The Balaban J connectivity index is 0.00000132. The van der Waals surface area contributed by atoms with Crippen molar-refractivity contribution in [2.45, 2.75) is 32.1 Å². The monoisotopic (exact) mass is 360 g/mol. The molecule has 23 heavy (non-hydrogen) atoms. The molecule has 5 nitrogen and oxygen atoms in total. The van der Waals surface area contributed by atoms with Gasteiger partial charge in [0.25, 0.3) is 0 Å². The zero-order chi connectivity index (χ0) is 14.5. The largest absolute Gasteiger partial charge is 0.494 e. The lowest BCUT2D eigenvalue weighted by molar-refractivity contribution is 0.216. The Morgan fingerprint density at radius 2 is 1.91 bits per heavy atom. The molecular formula is C16H26Cl2N4O. The summed E-state index contributed by atoms with van der Waals surface area (Å²) in [5.41, 5.74) is 7.45. The second-order valence-corrected chi connectivity index (χ2v) is 5.76. The molecule has 0 saturated carbocycles. The van der Waals surface area contributed by atoms with Crippen LogP contribution < -0.4 is 10.5 Å². The minimum absolute atomic E-state index is 0. The third kappa shape index (κ3) is 5.75. The van der Waals surface area contributed by atoms with Crippen molar-refractivity contribution in [1.29, 1.82) is 0 Å². The third-order valence-electron chi connectivity index (χ3n) is 4.06. The van der Waals surface area contributed by atoms with E-state index in [1.807, 2.05) is 18.2 Å². The molecule has 0 unspecified atom stereocenters. The van der Waals surface area contributed by atoms with E-state index in [1.54, 1.807) is 0 Å². The van der Waals surface area contributed by atoms with E-state index in [1.165, 1.54) is 45.3 Å². The second-order valence-electron chi connectivity index (χ2n) is 5.76. The van der Waals surface area contributed by atoms with Crippen LogP contribution in [0.1, 0.15) is 32.1 Å². The summed E-state index contributed by atoms with van der Waals surface area (Å²) < 4.78 is 5.81. The molecule has 1 aliphatic rings. The van der Waals surface area contributed by atoms with Gasteiger partial charge in [0.1, 0.15) is 5.75 Å². The van der Waals surface area contributed by atoms with Gasteiger partial charge in [0.15, 0.2) is 5.95 Å². The second kappa shape index (κ2) is 9.85. The highest BCUT2D eigenvalue weighted by Crippen LogP contribution is 2.20. The van der Waals surface area contributed by atoms with E-state index in [2.05, 4.69) is 14.9 Å². The van der Waals surface area contributed by atoms with Crippen molar-refractivity contribution in [3.63, 3.8) is 0 Å². The Hall–Kier alpha value is -1.17. The number of hydrogen-bond donors (Lipinski definition) is 2. The number of likely N-dealkylation sites (tertiary alicyclic amines) is 1. The summed E-state index contributed by atoms with van der Waals surface area (Å²) in [7, 11) is 0. The van der Waals surface area contributed by atoms with Gasteiger partial charge in [-0.1, -0.05) is 6.42 Å². The summed E-state index contributed by atoms with van der Waals surface area (Å²) in [4.78, 5) is 9.77. The smallest absolute Gasteiger partial charge is 0.198 e. The predicted octanol–water partition coefficient (Wildman–Crippen LogP) is 3.63. The first-order chi connectivity index (χ1) is 10.3. The van der Waals surface area contributed by atoms with Crippen molar-refractivity contribution < 1.29 is 4.74 Å². The number of H-pyrrole nitrogens is 1. The van der Waals surface area contributed by atoms with Crippen LogP contribution in [0.3, 0.4) is 0 Å². The average Bonchev–Trinajstić information content (AvgIpc) is 2.87. The molecule has 1 fully saturated rings. The van der Waals surface area contributed by atoms with Gasteiger partial charge in [-0.3, -0.25) is 0 Å². The number of nitrogens with two attached hydrogens (primary N) is 1. The molecule has 1 aliphatic heterocycles. The number of aromatic amines is 1. The van der Waals surface area contributed by atoms with Crippen molar-refractivity contribution in [3.8, 4) is 5.75 Å². The lowest BCUT2D eigenvalue weighted by Gasteiger charge is -2.26. The highest BCUT2D eigenvalue weighted by Gasteiger charge is 2.09. The van der Waals surface area contributed by atoms with Crippen molar-refractivity contribution in [2.75, 3.05) is 32.0 Å². The van der Waals surface area contributed by atoms with Crippen molar-refractivity contribution in [1.82, 2.24) is 14.9 Å². The Bertz CT molecular complexity index is 584. The Morgan fingerprint density at radius 3 is 2.70 bits per heavy atom. The van der Waals surface area contributed by atoms with Gasteiger partial charge in [0.05, 0.1) is 17.6 Å². The lowest BCUT2D eigenvalue weighted by atomic mass is 10.1. The minimum Gasteiger partial charge on any atom is -0.494 e. The molecule has 7 heteroatoms. The van der Waals surface area contributed by atoms with Gasteiger partial charge >= 0.3 is 0 Å². The highest BCUT2D eigenvalue weighted by atomic mass is 35.5. The van der Waals surface area contributed by atoms with Crippen LogP contribution in [0.5, 0.6) is 5.75 Å². The number of benzene rings is 1. The molecule has 0 aliphatic carbocycles. The number of halogens is 2. The Kier molecular flexibility index (Phi) is 8.52. The predicted molar refractivity (Wildman–Crippen MR) is 100 cm³/mol. The average molecular weight is 361 g/mol. The molecule has 0 bridgehead atoms. The van der Waals surface area contributed by atoms with E-state index in [9.17, 15) is 0 Å². The molecule has 0 amide bonds. The number of ether oxygens (including phenoxy) is 1. The van der Waals surface area contributed by atoms with Crippen molar-refractivity contribution in [3.05, 3.63) is 18.2 Å². The molecule has 3 rings (SSSR count). The first-order valence-corrected chi connectivity index (χ1v) is 7.92. The first-order valence-electron chi connectivity index (χ1n) is 7.92. The van der Waals surface area contributed by atoms with Crippen LogP contribution in [0.2, 0.25) is 0 Å². The number of anilines is 1. The summed E-state index contributed by atoms with van der Waals surface area (Å²) in [6.45, 7) is 4.53. The number of nitrogens with zero attached hydrogens (tertiary/aromatic N) is 2. The molecule has 0 atom stereocenters. The van der Waals surface area contributed by atoms with Crippen molar-refractivity contribution >= 4 is 41.8 Å². The molecule has 2 aromatic rings. The SMILES string of the molecule is Cl.Cl.Nc1nc2ccc(OCCCCN3CCCCC3)cc2[nH]1. The molecular weight excluding hydrogens is 335 g/mol. The van der Waals surface area contributed by atoms with Gasteiger partial charge in [-0.25, -0.2) is 4.98 Å². The fourth-order valence-corrected chi connectivity index (χ4v) is 2.91. The fraction of sp³-hybridized carbons (Fsp3) is 0.562. The van der Waals surface area contributed by atoms with Crippen LogP contribution in [0.15, 0.2) is 18.2 Å². The number of piperidine rings is 1. The summed E-state index contributed by atoms with van der Waals surface area (Å²) >= 11 is 0. The van der Waals surface area contributed by atoms with Crippen LogP contribution in [-0.2, 0) is 0 Å². The molecule has 3 N–H and O–H groups in total. The quantitative estimate of drug-likeness (QED) is 0.771. The van der Waals surface area contributed by atoms with Gasteiger partial charge in [0.2, 0.25) is 0 Å². The third-order valence-corrected chi connectivity index (χ3v) is 4.06. The number of nitrogen functional groups attached to an aromatic ring is 1. The number of aromatic nitrogens is 2. The normalized spacial score (nSPS) is 15.0. The number of rotatable bonds is 6. The fourth-order valence-electron chi connectivity index (χ4n) is 2.91. The number of fused-ring (bicyclic) bond motifs is 1. The van der Waals surface area contributed by atoms with E-state index < -0.39 is 0 Å². The number of imidazole rings is 1. The molecule has 130 valence electrons. The van der Waals surface area contributed by atoms with E-state index in [0.29, 0.717) is 5.95 Å². The maximum Gasteiger partial charge on any atom is 0.198 e. The first kappa shape index (κ1) is 19.9. The zero-order valence-electron chi connectivity index (χ0n) is 13.3. The molecule has 1 saturated heterocycles. The van der Waals surface area contributed by atoms with Crippen LogP contribution in [0.4, 0.5) is 5.95 Å². The van der Waals surface area contributed by atoms with Crippen molar-refractivity contribution in [2.24, 2.45) is 0 Å². The number of unbranched alkanes of at least 4 members (excludes halogenated alkanes) is 1.